The highest BCUT2D eigenvalue weighted by Crippen LogP contribution is 2.14. The molecule has 0 spiro atoms. The van der Waals surface area contributed by atoms with Crippen molar-refractivity contribution in [3.05, 3.63) is 23.7 Å². The summed E-state index contributed by atoms with van der Waals surface area (Å²) in [4.78, 5) is 0. The molecular formula is C13H21NO3. The van der Waals surface area contributed by atoms with Gasteiger partial charge < -0.3 is 19.2 Å². The van der Waals surface area contributed by atoms with E-state index < -0.39 is 0 Å². The van der Waals surface area contributed by atoms with E-state index >= 15 is 0 Å². The highest BCUT2D eigenvalue weighted by atomic mass is 16.5. The number of ether oxygens (including phenoxy) is 2. The Hall–Kier alpha value is -0.840. The maximum Gasteiger partial charge on any atom is 0.129 e. The maximum atomic E-state index is 5.61. The Kier molecular flexibility index (Phi) is 5.04. The average molecular weight is 239 g/mol. The molecule has 4 nitrogen and oxygen atoms in total. The van der Waals surface area contributed by atoms with Crippen molar-refractivity contribution in [3.63, 3.8) is 0 Å². The van der Waals surface area contributed by atoms with Crippen LogP contribution in [0.2, 0.25) is 0 Å². The third-order valence-electron chi connectivity index (χ3n) is 2.89. The Morgan fingerprint density at radius 2 is 2.24 bits per heavy atom. The summed E-state index contributed by atoms with van der Waals surface area (Å²) in [5.74, 6) is 1.83. The largest absolute Gasteiger partial charge is 0.462 e. The van der Waals surface area contributed by atoms with E-state index in [2.05, 4.69) is 5.32 Å². The van der Waals surface area contributed by atoms with Crippen LogP contribution in [0.5, 0.6) is 0 Å². The first-order chi connectivity index (χ1) is 8.38. The SMILES string of the molecule is CNCc1ccc(COCC2CCCCO2)o1. The first-order valence-electron chi connectivity index (χ1n) is 6.30. The summed E-state index contributed by atoms with van der Waals surface area (Å²) in [6.45, 7) is 2.83. The van der Waals surface area contributed by atoms with Gasteiger partial charge in [-0.25, -0.2) is 0 Å². The van der Waals surface area contributed by atoms with E-state index in [0.717, 1.165) is 31.1 Å². The molecule has 17 heavy (non-hydrogen) atoms. The van der Waals surface area contributed by atoms with Gasteiger partial charge in [-0.05, 0) is 38.4 Å². The third-order valence-corrected chi connectivity index (χ3v) is 2.89. The molecule has 0 aliphatic carbocycles. The fourth-order valence-corrected chi connectivity index (χ4v) is 2.00. The normalized spacial score (nSPS) is 20.6. The summed E-state index contributed by atoms with van der Waals surface area (Å²) >= 11 is 0. The van der Waals surface area contributed by atoms with Crippen LogP contribution in [0.4, 0.5) is 0 Å². The zero-order valence-corrected chi connectivity index (χ0v) is 10.4. The molecule has 2 heterocycles. The molecule has 1 aliphatic heterocycles. The molecule has 1 aromatic heterocycles. The second-order valence-electron chi connectivity index (χ2n) is 4.40. The van der Waals surface area contributed by atoms with Gasteiger partial charge in [-0.2, -0.15) is 0 Å². The molecule has 96 valence electrons. The van der Waals surface area contributed by atoms with Crippen LogP contribution in [0, 0.1) is 0 Å². The van der Waals surface area contributed by atoms with Crippen LogP contribution in [-0.4, -0.2) is 26.4 Å². The van der Waals surface area contributed by atoms with Crippen molar-refractivity contribution >= 4 is 0 Å². The third kappa shape index (κ3) is 4.15. The monoisotopic (exact) mass is 239 g/mol. The molecule has 1 unspecified atom stereocenters. The molecule has 1 atom stereocenters. The first kappa shape index (κ1) is 12.6. The average Bonchev–Trinajstić information content (AvgIpc) is 2.79. The predicted octanol–water partition coefficient (Wildman–Crippen LogP) is 2.08. The Morgan fingerprint density at radius 1 is 1.35 bits per heavy atom. The maximum absolute atomic E-state index is 5.61. The number of nitrogens with one attached hydrogen (secondary N) is 1. The Bertz CT molecular complexity index is 318. The number of rotatable bonds is 6. The van der Waals surface area contributed by atoms with Crippen LogP contribution < -0.4 is 5.32 Å². The second-order valence-corrected chi connectivity index (χ2v) is 4.40. The summed E-state index contributed by atoms with van der Waals surface area (Å²) in [5.41, 5.74) is 0. The van der Waals surface area contributed by atoms with Crippen molar-refractivity contribution in [2.24, 2.45) is 0 Å². The van der Waals surface area contributed by atoms with Gasteiger partial charge in [0.1, 0.15) is 18.1 Å². The standard InChI is InChI=1S/C13H21NO3/c1-14-8-11-5-6-13(17-11)10-15-9-12-4-2-3-7-16-12/h5-6,12,14H,2-4,7-10H2,1H3. The van der Waals surface area contributed by atoms with Gasteiger partial charge in [-0.1, -0.05) is 0 Å². The van der Waals surface area contributed by atoms with Crippen LogP contribution >= 0.6 is 0 Å². The lowest BCUT2D eigenvalue weighted by atomic mass is 10.1. The predicted molar refractivity (Wildman–Crippen MR) is 64.7 cm³/mol. The molecule has 1 aromatic rings. The zero-order chi connectivity index (χ0) is 11.9. The van der Waals surface area contributed by atoms with E-state index in [9.17, 15) is 0 Å². The van der Waals surface area contributed by atoms with Crippen molar-refractivity contribution in [2.45, 2.75) is 38.5 Å². The van der Waals surface area contributed by atoms with E-state index in [-0.39, 0.29) is 6.10 Å². The van der Waals surface area contributed by atoms with Crippen molar-refractivity contribution in [1.29, 1.82) is 0 Å². The molecule has 1 aliphatic rings. The molecule has 4 heteroatoms. The molecule has 1 N–H and O–H groups in total. The van der Waals surface area contributed by atoms with Crippen molar-refractivity contribution in [1.82, 2.24) is 5.32 Å². The Labute approximate surface area is 102 Å². The number of hydrogen-bond acceptors (Lipinski definition) is 4. The van der Waals surface area contributed by atoms with Crippen molar-refractivity contribution < 1.29 is 13.9 Å². The van der Waals surface area contributed by atoms with Crippen LogP contribution in [-0.2, 0) is 22.6 Å². The minimum atomic E-state index is 0.274. The number of furan rings is 1. The van der Waals surface area contributed by atoms with E-state index in [1.54, 1.807) is 0 Å². The van der Waals surface area contributed by atoms with Gasteiger partial charge in [0.2, 0.25) is 0 Å². The van der Waals surface area contributed by atoms with E-state index in [0.29, 0.717) is 13.2 Å². The number of hydrogen-bond donors (Lipinski definition) is 1. The van der Waals surface area contributed by atoms with Gasteiger partial charge in [0.15, 0.2) is 0 Å². The van der Waals surface area contributed by atoms with Crippen LogP contribution in [0.15, 0.2) is 16.5 Å². The van der Waals surface area contributed by atoms with Gasteiger partial charge in [-0.15, -0.1) is 0 Å². The smallest absolute Gasteiger partial charge is 0.129 e. The Morgan fingerprint density at radius 3 is 3.00 bits per heavy atom. The zero-order valence-electron chi connectivity index (χ0n) is 10.4. The second kappa shape index (κ2) is 6.79. The fourth-order valence-electron chi connectivity index (χ4n) is 2.00. The highest BCUT2D eigenvalue weighted by Gasteiger charge is 2.13. The quantitative estimate of drug-likeness (QED) is 0.825. The fraction of sp³-hybridized carbons (Fsp3) is 0.692. The summed E-state index contributed by atoms with van der Waals surface area (Å²) < 4.78 is 16.8. The molecule has 0 radical (unpaired) electrons. The molecule has 0 bridgehead atoms. The van der Waals surface area contributed by atoms with Gasteiger partial charge in [0.25, 0.3) is 0 Å². The molecule has 1 fully saturated rings. The van der Waals surface area contributed by atoms with E-state index in [4.69, 9.17) is 13.9 Å². The molecule has 1 saturated heterocycles. The first-order valence-corrected chi connectivity index (χ1v) is 6.30. The van der Waals surface area contributed by atoms with Crippen molar-refractivity contribution in [3.8, 4) is 0 Å². The highest BCUT2D eigenvalue weighted by molar-refractivity contribution is 5.06. The van der Waals surface area contributed by atoms with Gasteiger partial charge in [-0.3, -0.25) is 0 Å². The molecular weight excluding hydrogens is 218 g/mol. The molecule has 0 saturated carbocycles. The van der Waals surface area contributed by atoms with Gasteiger partial charge in [0, 0.05) is 6.61 Å². The van der Waals surface area contributed by atoms with E-state index in [1.807, 2.05) is 19.2 Å². The summed E-state index contributed by atoms with van der Waals surface area (Å²) in [5, 5.41) is 3.05. The molecule has 0 amide bonds. The lowest BCUT2D eigenvalue weighted by Gasteiger charge is -2.22. The molecule has 2 rings (SSSR count). The van der Waals surface area contributed by atoms with E-state index in [1.165, 1.54) is 12.8 Å². The van der Waals surface area contributed by atoms with Crippen LogP contribution in [0.25, 0.3) is 0 Å². The van der Waals surface area contributed by atoms with Crippen LogP contribution in [0.1, 0.15) is 30.8 Å². The topological polar surface area (TPSA) is 43.6 Å². The summed E-state index contributed by atoms with van der Waals surface area (Å²) in [6, 6.07) is 3.95. The lowest BCUT2D eigenvalue weighted by molar-refractivity contribution is -0.0473. The minimum Gasteiger partial charge on any atom is -0.462 e. The summed E-state index contributed by atoms with van der Waals surface area (Å²) in [7, 11) is 1.90. The van der Waals surface area contributed by atoms with Gasteiger partial charge in [0.05, 0.1) is 19.3 Å². The summed E-state index contributed by atoms with van der Waals surface area (Å²) in [6.07, 6.45) is 3.82. The van der Waals surface area contributed by atoms with Gasteiger partial charge >= 0.3 is 0 Å². The minimum absolute atomic E-state index is 0.274. The molecule has 0 aromatic carbocycles. The van der Waals surface area contributed by atoms with Crippen LogP contribution in [0.3, 0.4) is 0 Å². The Balaban J connectivity index is 1.66. The lowest BCUT2D eigenvalue weighted by Crippen LogP contribution is -2.24. The van der Waals surface area contributed by atoms with Crippen molar-refractivity contribution in [2.75, 3.05) is 20.3 Å².